The van der Waals surface area contributed by atoms with Crippen LogP contribution in [0.25, 0.3) is 10.9 Å². The molecule has 0 bridgehead atoms. The third-order valence-corrected chi connectivity index (χ3v) is 3.74. The summed E-state index contributed by atoms with van der Waals surface area (Å²) in [5.41, 5.74) is 3.35. The van der Waals surface area contributed by atoms with E-state index in [9.17, 15) is 0 Å². The fraction of sp³-hybridized carbons (Fsp3) is 0.278. The van der Waals surface area contributed by atoms with Crippen molar-refractivity contribution in [1.82, 2.24) is 9.78 Å². The number of rotatable bonds is 4. The van der Waals surface area contributed by atoms with Gasteiger partial charge in [0.25, 0.3) is 0 Å². The number of ether oxygens (including phenoxy) is 1. The van der Waals surface area contributed by atoms with Crippen LogP contribution in [-0.2, 0) is 13.7 Å². The van der Waals surface area contributed by atoms with E-state index in [2.05, 4.69) is 43.2 Å². The Kier molecular flexibility index (Phi) is 3.65. The molecular formula is C18H20N2O. The van der Waals surface area contributed by atoms with Gasteiger partial charge in [-0.15, -0.1) is 0 Å². The van der Waals surface area contributed by atoms with Gasteiger partial charge in [0.05, 0.1) is 5.52 Å². The zero-order valence-corrected chi connectivity index (χ0v) is 12.7. The van der Waals surface area contributed by atoms with Crippen LogP contribution in [0.15, 0.2) is 48.5 Å². The summed E-state index contributed by atoms with van der Waals surface area (Å²) in [4.78, 5) is 0. The Balaban J connectivity index is 1.88. The lowest BCUT2D eigenvalue weighted by Gasteiger charge is -2.13. The molecule has 0 aliphatic carbocycles. The minimum absolute atomic E-state index is 0.446. The minimum Gasteiger partial charge on any atom is -0.487 e. The lowest BCUT2D eigenvalue weighted by Crippen LogP contribution is -2.01. The van der Waals surface area contributed by atoms with Crippen molar-refractivity contribution in [3.63, 3.8) is 0 Å². The molecule has 0 fully saturated rings. The predicted molar refractivity (Wildman–Crippen MR) is 85.6 cm³/mol. The van der Waals surface area contributed by atoms with Crippen molar-refractivity contribution in [2.75, 3.05) is 0 Å². The van der Waals surface area contributed by atoms with Crippen molar-refractivity contribution in [1.29, 1.82) is 0 Å². The summed E-state index contributed by atoms with van der Waals surface area (Å²) in [6, 6.07) is 16.5. The number of nitrogens with zero attached hydrogens (tertiary/aromatic N) is 2. The van der Waals surface area contributed by atoms with E-state index >= 15 is 0 Å². The second-order valence-corrected chi connectivity index (χ2v) is 5.57. The molecule has 0 saturated heterocycles. The summed E-state index contributed by atoms with van der Waals surface area (Å²) in [6.45, 7) is 4.85. The second-order valence-electron chi connectivity index (χ2n) is 5.57. The monoisotopic (exact) mass is 280 g/mol. The number of aryl methyl sites for hydroxylation is 1. The maximum absolute atomic E-state index is 6.03. The van der Waals surface area contributed by atoms with E-state index in [1.54, 1.807) is 0 Å². The van der Waals surface area contributed by atoms with Gasteiger partial charge in [-0.1, -0.05) is 50.2 Å². The van der Waals surface area contributed by atoms with Crippen molar-refractivity contribution < 1.29 is 4.74 Å². The number of para-hydroxylation sites is 2. The first kappa shape index (κ1) is 13.7. The Morgan fingerprint density at radius 2 is 1.76 bits per heavy atom. The van der Waals surface area contributed by atoms with Gasteiger partial charge < -0.3 is 4.74 Å². The van der Waals surface area contributed by atoms with Crippen LogP contribution in [0.5, 0.6) is 5.75 Å². The van der Waals surface area contributed by atoms with Crippen LogP contribution >= 0.6 is 0 Å². The zero-order valence-electron chi connectivity index (χ0n) is 12.7. The minimum atomic E-state index is 0.446. The van der Waals surface area contributed by atoms with E-state index < -0.39 is 0 Å². The highest BCUT2D eigenvalue weighted by Crippen LogP contribution is 2.27. The van der Waals surface area contributed by atoms with Crippen molar-refractivity contribution >= 4 is 10.9 Å². The van der Waals surface area contributed by atoms with Crippen molar-refractivity contribution in [3.8, 4) is 5.75 Å². The molecule has 0 atom stereocenters. The topological polar surface area (TPSA) is 27.1 Å². The Hall–Kier alpha value is -2.29. The summed E-state index contributed by atoms with van der Waals surface area (Å²) < 4.78 is 7.94. The third kappa shape index (κ3) is 2.64. The average molecular weight is 280 g/mol. The summed E-state index contributed by atoms with van der Waals surface area (Å²) in [5.74, 6) is 1.39. The van der Waals surface area contributed by atoms with Gasteiger partial charge in [-0.2, -0.15) is 5.10 Å². The first-order chi connectivity index (χ1) is 10.2. The molecule has 108 valence electrons. The average Bonchev–Trinajstić information content (AvgIpc) is 2.82. The van der Waals surface area contributed by atoms with Crippen LogP contribution in [0.3, 0.4) is 0 Å². The lowest BCUT2D eigenvalue weighted by molar-refractivity contribution is 0.297. The van der Waals surface area contributed by atoms with Gasteiger partial charge in [0.1, 0.15) is 18.1 Å². The van der Waals surface area contributed by atoms with Crippen LogP contribution < -0.4 is 4.74 Å². The molecule has 0 aliphatic rings. The smallest absolute Gasteiger partial charge is 0.133 e. The van der Waals surface area contributed by atoms with Crippen LogP contribution in [-0.4, -0.2) is 9.78 Å². The highest BCUT2D eigenvalue weighted by atomic mass is 16.5. The standard InChI is InChI=1S/C18H20N2O/c1-13(2)14-8-5-7-11-18(14)21-12-16-15-9-4-6-10-17(15)20(3)19-16/h4-11,13H,12H2,1-3H3. The molecule has 0 spiro atoms. The molecular weight excluding hydrogens is 260 g/mol. The van der Waals surface area contributed by atoms with Crippen molar-refractivity contribution in [2.45, 2.75) is 26.4 Å². The quantitative estimate of drug-likeness (QED) is 0.713. The van der Waals surface area contributed by atoms with Crippen LogP contribution in [0, 0.1) is 0 Å². The van der Waals surface area contributed by atoms with Gasteiger partial charge in [-0.25, -0.2) is 0 Å². The number of hydrogen-bond donors (Lipinski definition) is 0. The van der Waals surface area contributed by atoms with Gasteiger partial charge in [-0.05, 0) is 23.6 Å². The molecule has 2 aromatic carbocycles. The van der Waals surface area contributed by atoms with E-state index in [0.717, 1.165) is 22.3 Å². The second kappa shape index (κ2) is 5.60. The summed E-state index contributed by atoms with van der Waals surface area (Å²) in [7, 11) is 1.97. The largest absolute Gasteiger partial charge is 0.487 e. The number of fused-ring (bicyclic) bond motifs is 1. The maximum atomic E-state index is 6.03. The zero-order chi connectivity index (χ0) is 14.8. The first-order valence-corrected chi connectivity index (χ1v) is 7.29. The van der Waals surface area contributed by atoms with E-state index in [4.69, 9.17) is 4.74 Å². The molecule has 0 radical (unpaired) electrons. The summed E-state index contributed by atoms with van der Waals surface area (Å²) in [6.07, 6.45) is 0. The summed E-state index contributed by atoms with van der Waals surface area (Å²) in [5, 5.41) is 5.73. The normalized spacial score (nSPS) is 11.2. The molecule has 1 heterocycles. The fourth-order valence-electron chi connectivity index (χ4n) is 2.63. The first-order valence-electron chi connectivity index (χ1n) is 7.29. The fourth-order valence-corrected chi connectivity index (χ4v) is 2.63. The summed E-state index contributed by atoms with van der Waals surface area (Å²) >= 11 is 0. The van der Waals surface area contributed by atoms with Gasteiger partial charge >= 0.3 is 0 Å². The van der Waals surface area contributed by atoms with Gasteiger partial charge in [0.2, 0.25) is 0 Å². The number of benzene rings is 2. The Morgan fingerprint density at radius 1 is 1.05 bits per heavy atom. The van der Waals surface area contributed by atoms with Crippen LogP contribution in [0.4, 0.5) is 0 Å². The molecule has 3 nitrogen and oxygen atoms in total. The lowest BCUT2D eigenvalue weighted by atomic mass is 10.0. The number of aromatic nitrogens is 2. The van der Waals surface area contributed by atoms with E-state index in [1.807, 2.05) is 36.0 Å². The van der Waals surface area contributed by atoms with Crippen molar-refractivity contribution in [3.05, 3.63) is 59.8 Å². The molecule has 1 aromatic heterocycles. The molecule has 0 N–H and O–H groups in total. The molecule has 3 rings (SSSR count). The van der Waals surface area contributed by atoms with Gasteiger partial charge in [0.15, 0.2) is 0 Å². The molecule has 3 aromatic rings. The van der Waals surface area contributed by atoms with Crippen LogP contribution in [0.1, 0.15) is 31.0 Å². The maximum Gasteiger partial charge on any atom is 0.133 e. The molecule has 0 unspecified atom stereocenters. The van der Waals surface area contributed by atoms with E-state index in [0.29, 0.717) is 12.5 Å². The molecule has 0 aliphatic heterocycles. The molecule has 21 heavy (non-hydrogen) atoms. The molecule has 0 amide bonds. The Bertz CT molecular complexity index is 759. The third-order valence-electron chi connectivity index (χ3n) is 3.74. The van der Waals surface area contributed by atoms with Gasteiger partial charge in [0, 0.05) is 12.4 Å². The molecule has 3 heteroatoms. The highest BCUT2D eigenvalue weighted by Gasteiger charge is 2.11. The highest BCUT2D eigenvalue weighted by molar-refractivity contribution is 5.81. The van der Waals surface area contributed by atoms with E-state index in [1.165, 1.54) is 5.56 Å². The van der Waals surface area contributed by atoms with Crippen LogP contribution in [0.2, 0.25) is 0 Å². The SMILES string of the molecule is CC(C)c1ccccc1OCc1nn(C)c2ccccc12. The predicted octanol–water partition coefficient (Wildman–Crippen LogP) is 4.28. The Labute approximate surface area is 125 Å². The Morgan fingerprint density at radius 3 is 2.57 bits per heavy atom. The van der Waals surface area contributed by atoms with Crippen molar-refractivity contribution in [2.24, 2.45) is 7.05 Å². The van der Waals surface area contributed by atoms with Gasteiger partial charge in [-0.3, -0.25) is 4.68 Å². The molecule has 0 saturated carbocycles. The number of hydrogen-bond acceptors (Lipinski definition) is 2. The van der Waals surface area contributed by atoms with E-state index in [-0.39, 0.29) is 0 Å².